The second-order valence-electron chi connectivity index (χ2n) is 14.0. The Kier molecular flexibility index (Phi) is 17.5. The number of methoxy groups -OCH3 is 1. The summed E-state index contributed by atoms with van der Waals surface area (Å²) < 4.78 is 10.2. The first-order chi connectivity index (χ1) is 30.1. The fourth-order valence-corrected chi connectivity index (χ4v) is 6.65. The maximum atomic E-state index is 13.4. The average molecular weight is 873 g/mol. The third-order valence-corrected chi connectivity index (χ3v) is 9.65. The van der Waals surface area contributed by atoms with Gasteiger partial charge in [-0.05, 0) is 59.2 Å². The van der Waals surface area contributed by atoms with Crippen molar-refractivity contribution in [3.05, 3.63) is 99.9 Å². The van der Waals surface area contributed by atoms with Crippen LogP contribution in [0.1, 0.15) is 65.9 Å². The maximum Gasteiger partial charge on any atom is 0.407 e. The van der Waals surface area contributed by atoms with E-state index in [1.807, 2.05) is 53.8 Å². The minimum atomic E-state index is -2.03. The highest BCUT2D eigenvalue weighted by Gasteiger charge is 2.35. The molecule has 0 aliphatic heterocycles. The first-order valence-corrected chi connectivity index (χ1v) is 19.3. The molecule has 0 aromatic heterocycles. The number of fused-ring (bicyclic) bond motifs is 3. The predicted octanol–water partition coefficient (Wildman–Crippen LogP) is 2.49. The highest BCUT2D eigenvalue weighted by atomic mass is 16.5. The van der Waals surface area contributed by atoms with Gasteiger partial charge in [0.05, 0.1) is 26.4 Å². The number of carbonyl (C=O) groups is 9. The Hall–Kier alpha value is -8.00. The molecule has 0 spiro atoms. The molecular formula is C41H44N8O14. The van der Waals surface area contributed by atoms with Gasteiger partial charge < -0.3 is 51.4 Å². The van der Waals surface area contributed by atoms with Crippen LogP contribution in [0.25, 0.3) is 21.6 Å². The van der Waals surface area contributed by atoms with Crippen molar-refractivity contribution in [3.63, 3.8) is 0 Å². The van der Waals surface area contributed by atoms with Crippen LogP contribution < -0.4 is 26.6 Å². The maximum absolute atomic E-state index is 13.4. The highest BCUT2D eigenvalue weighted by molar-refractivity contribution is 5.98. The van der Waals surface area contributed by atoms with Gasteiger partial charge in [0.2, 0.25) is 17.7 Å². The monoisotopic (exact) mass is 872 g/mol. The van der Waals surface area contributed by atoms with Crippen molar-refractivity contribution in [3.8, 4) is 11.1 Å². The summed E-state index contributed by atoms with van der Waals surface area (Å²) in [7, 11) is 1.03. The molecule has 22 heteroatoms. The van der Waals surface area contributed by atoms with E-state index in [4.69, 9.17) is 15.0 Å². The Balaban J connectivity index is 1.37. The summed E-state index contributed by atoms with van der Waals surface area (Å²) in [5.41, 5.74) is 12.7. The Bertz CT molecular complexity index is 2220. The number of ether oxygens (including phenoxy) is 2. The zero-order valence-electron chi connectivity index (χ0n) is 33.6. The van der Waals surface area contributed by atoms with Gasteiger partial charge >= 0.3 is 30.0 Å². The van der Waals surface area contributed by atoms with Gasteiger partial charge in [0.15, 0.2) is 0 Å². The third-order valence-electron chi connectivity index (χ3n) is 9.65. The Morgan fingerprint density at radius 1 is 0.667 bits per heavy atom. The number of nitrogens with zero attached hydrogens (tertiary/aromatic N) is 3. The Morgan fingerprint density at radius 2 is 1.14 bits per heavy atom. The molecule has 22 nitrogen and oxygen atoms in total. The van der Waals surface area contributed by atoms with E-state index in [2.05, 4.69) is 31.3 Å². The fraction of sp³-hybridized carbons (Fsp3) is 0.341. The minimum absolute atomic E-state index is 0.0672. The van der Waals surface area contributed by atoms with Gasteiger partial charge in [-0.2, -0.15) is 0 Å². The summed E-state index contributed by atoms with van der Waals surface area (Å²) in [4.78, 5) is 116. The number of hydrogen-bond donors (Lipinski definition) is 8. The van der Waals surface area contributed by atoms with Gasteiger partial charge in [0.1, 0.15) is 30.8 Å². The second-order valence-corrected chi connectivity index (χ2v) is 14.0. The number of nitrogens with one attached hydrogen (secondary N) is 5. The molecule has 0 saturated carbocycles. The summed E-state index contributed by atoms with van der Waals surface area (Å²) in [6.07, 6.45) is -3.97. The second kappa shape index (κ2) is 23.1. The molecule has 0 fully saturated rings. The van der Waals surface area contributed by atoms with Crippen molar-refractivity contribution in [2.24, 2.45) is 5.11 Å². The molecule has 3 aromatic rings. The number of carboxylic acid groups (broad SMARTS) is 3. The molecule has 0 saturated heterocycles. The number of amides is 5. The van der Waals surface area contributed by atoms with Gasteiger partial charge in [0, 0.05) is 28.6 Å². The molecule has 1 aliphatic carbocycles. The van der Waals surface area contributed by atoms with Gasteiger partial charge in [-0.15, -0.1) is 0 Å². The van der Waals surface area contributed by atoms with Crippen molar-refractivity contribution in [1.82, 2.24) is 26.6 Å². The number of azide groups is 1. The predicted molar refractivity (Wildman–Crippen MR) is 218 cm³/mol. The number of aliphatic carboxylic acids is 3. The number of alkyl carbamates (subject to hydrolysis) is 1. The van der Waals surface area contributed by atoms with Crippen LogP contribution in [-0.4, -0.2) is 113 Å². The van der Waals surface area contributed by atoms with E-state index in [9.17, 15) is 58.5 Å². The van der Waals surface area contributed by atoms with E-state index >= 15 is 0 Å². The van der Waals surface area contributed by atoms with Crippen molar-refractivity contribution < 1.29 is 67.9 Å². The molecule has 3 aromatic carbocycles. The van der Waals surface area contributed by atoms with Crippen LogP contribution >= 0.6 is 0 Å². The highest BCUT2D eigenvalue weighted by Crippen LogP contribution is 2.44. The third kappa shape index (κ3) is 14.0. The standard InChI is InChI=1S/C41H44N8O14/c1-62-40(60)29(12-6-7-17-43-36(56)22-13-15-23(16-14-22)48-49-42)44-37(57)30(18-33(50)51)45-38(58)31(19-34(52)53)46-39(59)32(20-35(54)55)47-41(61)63-21-28-26-10-4-2-8-24(26)25-9-3-5-11-27(25)28/h2-5,8-11,13-16,28-32H,6-7,12,17-21H2,1H3,(H,43,56)(H,44,57)(H,45,58)(H,46,59)(H,47,61)(H,50,51)(H,52,53)(H,54,55)/t29-,30-,31-,32-/m0/s1. The van der Waals surface area contributed by atoms with Crippen LogP contribution in [0.15, 0.2) is 77.9 Å². The molecule has 1 aliphatic rings. The lowest BCUT2D eigenvalue weighted by Gasteiger charge is -2.25. The number of benzene rings is 3. The van der Waals surface area contributed by atoms with Crippen molar-refractivity contribution in [2.75, 3.05) is 20.3 Å². The van der Waals surface area contributed by atoms with E-state index in [1.54, 1.807) is 0 Å². The minimum Gasteiger partial charge on any atom is -0.481 e. The van der Waals surface area contributed by atoms with Crippen LogP contribution in [0.4, 0.5) is 10.5 Å². The zero-order chi connectivity index (χ0) is 46.1. The number of hydrogen-bond acceptors (Lipinski definition) is 12. The lowest BCUT2D eigenvalue weighted by molar-refractivity contribution is -0.146. The van der Waals surface area contributed by atoms with Crippen LogP contribution in [-0.2, 0) is 43.0 Å². The molecule has 0 unspecified atom stereocenters. The quantitative estimate of drug-likeness (QED) is 0.0223. The van der Waals surface area contributed by atoms with Gasteiger partial charge in [-0.25, -0.2) is 9.59 Å². The summed E-state index contributed by atoms with van der Waals surface area (Å²) in [6.45, 7) is -0.0620. The largest absolute Gasteiger partial charge is 0.481 e. The summed E-state index contributed by atoms with van der Waals surface area (Å²) in [5.74, 6) is -10.4. The molecule has 8 N–H and O–H groups in total. The van der Waals surface area contributed by atoms with Crippen LogP contribution in [0.5, 0.6) is 0 Å². The molecule has 332 valence electrons. The van der Waals surface area contributed by atoms with Crippen LogP contribution in [0.2, 0.25) is 0 Å². The molecule has 5 amide bonds. The van der Waals surface area contributed by atoms with Crippen LogP contribution in [0.3, 0.4) is 0 Å². The summed E-state index contributed by atoms with van der Waals surface area (Å²) >= 11 is 0. The van der Waals surface area contributed by atoms with Crippen molar-refractivity contribution in [2.45, 2.75) is 68.6 Å². The summed E-state index contributed by atoms with van der Waals surface area (Å²) in [5, 5.41) is 43.2. The Labute approximate surface area is 358 Å². The normalized spacial score (nSPS) is 13.2. The van der Waals surface area contributed by atoms with Crippen molar-refractivity contribution >= 4 is 59.3 Å². The lowest BCUT2D eigenvalue weighted by atomic mass is 9.98. The molecule has 4 atom stereocenters. The molecule has 63 heavy (non-hydrogen) atoms. The zero-order valence-corrected chi connectivity index (χ0v) is 33.6. The number of rotatable bonds is 23. The topological polar surface area (TPSA) is 342 Å². The lowest BCUT2D eigenvalue weighted by Crippen LogP contribution is -2.58. The van der Waals surface area contributed by atoms with E-state index in [0.717, 1.165) is 29.4 Å². The fourth-order valence-electron chi connectivity index (χ4n) is 6.65. The molecule has 0 radical (unpaired) electrons. The Morgan fingerprint density at radius 3 is 1.62 bits per heavy atom. The first-order valence-electron chi connectivity index (χ1n) is 19.3. The van der Waals surface area contributed by atoms with E-state index in [1.165, 1.54) is 24.3 Å². The average Bonchev–Trinajstić information content (AvgIpc) is 3.57. The van der Waals surface area contributed by atoms with E-state index < -0.39 is 97.0 Å². The first kappa shape index (κ1) is 47.7. The molecule has 4 rings (SSSR count). The van der Waals surface area contributed by atoms with Gasteiger partial charge in [-0.3, -0.25) is 33.6 Å². The number of carbonyl (C=O) groups excluding carboxylic acids is 6. The van der Waals surface area contributed by atoms with E-state index in [-0.39, 0.29) is 37.5 Å². The molecule has 0 heterocycles. The van der Waals surface area contributed by atoms with Crippen LogP contribution in [0, 0.1) is 0 Å². The van der Waals surface area contributed by atoms with E-state index in [0.29, 0.717) is 12.1 Å². The number of esters is 1. The summed E-state index contributed by atoms with van der Waals surface area (Å²) in [6, 6.07) is 13.5. The SMILES string of the molecule is COC(=O)[C@H](CCCCNC(=O)c1ccc(N=[N+]=[N-])cc1)NC(=O)[C@H](CC(=O)O)NC(=O)[C@H](CC(=O)O)NC(=O)[C@H](CC(=O)O)NC(=O)OCC1c2ccccc2-c2ccccc21. The van der Waals surface area contributed by atoms with Gasteiger partial charge in [-0.1, -0.05) is 65.8 Å². The number of unbranched alkanes of at least 4 members (excludes halogenated alkanes) is 1. The molecule has 0 bridgehead atoms. The number of carboxylic acids is 3. The smallest absolute Gasteiger partial charge is 0.407 e. The van der Waals surface area contributed by atoms with Crippen molar-refractivity contribution in [1.29, 1.82) is 0 Å². The molecular weight excluding hydrogens is 828 g/mol. The van der Waals surface area contributed by atoms with Gasteiger partial charge in [0.25, 0.3) is 5.91 Å².